The Balaban J connectivity index is 1.78. The van der Waals surface area contributed by atoms with Crippen LogP contribution in [0.2, 0.25) is 0 Å². The zero-order chi connectivity index (χ0) is 14.7. The minimum absolute atomic E-state index is 0.394. The molecule has 1 N–H and O–H groups in total. The fourth-order valence-corrected chi connectivity index (χ4v) is 2.86. The van der Waals surface area contributed by atoms with Crippen LogP contribution in [0, 0.1) is 0 Å². The average molecular weight is 282 g/mol. The first-order valence-electron chi connectivity index (χ1n) is 7.26. The first-order chi connectivity index (χ1) is 10.2. The SMILES string of the molecule is O=C(O)C1CCCc2ccc(OCc3ccccc3)cc21. The second-order valence-electron chi connectivity index (χ2n) is 5.42. The molecule has 0 aromatic heterocycles. The molecule has 3 rings (SSSR count). The summed E-state index contributed by atoms with van der Waals surface area (Å²) in [5.74, 6) is -0.393. The van der Waals surface area contributed by atoms with Gasteiger partial charge in [0.25, 0.3) is 0 Å². The van der Waals surface area contributed by atoms with Crippen molar-refractivity contribution in [3.8, 4) is 5.75 Å². The fraction of sp³-hybridized carbons (Fsp3) is 0.278. The van der Waals surface area contributed by atoms with Gasteiger partial charge in [0, 0.05) is 0 Å². The van der Waals surface area contributed by atoms with Gasteiger partial charge in [0.15, 0.2) is 0 Å². The Morgan fingerprint density at radius 2 is 2.00 bits per heavy atom. The molecule has 0 saturated heterocycles. The highest BCUT2D eigenvalue weighted by atomic mass is 16.5. The third-order valence-corrected chi connectivity index (χ3v) is 3.98. The van der Waals surface area contributed by atoms with Crippen LogP contribution in [0.5, 0.6) is 5.75 Å². The van der Waals surface area contributed by atoms with Crippen LogP contribution < -0.4 is 4.74 Å². The molecule has 0 fully saturated rings. The molecule has 0 heterocycles. The highest BCUT2D eigenvalue weighted by Crippen LogP contribution is 2.34. The van der Waals surface area contributed by atoms with Gasteiger partial charge in [0.2, 0.25) is 0 Å². The van der Waals surface area contributed by atoms with Crippen LogP contribution in [-0.2, 0) is 17.8 Å². The molecule has 3 heteroatoms. The quantitative estimate of drug-likeness (QED) is 0.928. The number of benzene rings is 2. The van der Waals surface area contributed by atoms with Crippen molar-refractivity contribution in [2.75, 3.05) is 0 Å². The van der Waals surface area contributed by atoms with E-state index in [1.165, 1.54) is 0 Å². The highest BCUT2D eigenvalue weighted by Gasteiger charge is 2.26. The van der Waals surface area contributed by atoms with Gasteiger partial charge in [-0.3, -0.25) is 4.79 Å². The number of aryl methyl sites for hydroxylation is 1. The monoisotopic (exact) mass is 282 g/mol. The first-order valence-corrected chi connectivity index (χ1v) is 7.26. The molecule has 0 saturated carbocycles. The van der Waals surface area contributed by atoms with Gasteiger partial charge in [0.1, 0.15) is 12.4 Å². The molecule has 21 heavy (non-hydrogen) atoms. The molecular weight excluding hydrogens is 264 g/mol. The minimum Gasteiger partial charge on any atom is -0.489 e. The molecule has 0 bridgehead atoms. The molecule has 2 aromatic carbocycles. The van der Waals surface area contributed by atoms with Gasteiger partial charge in [-0.25, -0.2) is 0 Å². The number of aliphatic carboxylic acids is 1. The summed E-state index contributed by atoms with van der Waals surface area (Å²) in [5, 5.41) is 9.34. The number of fused-ring (bicyclic) bond motifs is 1. The van der Waals surface area contributed by atoms with E-state index in [1.54, 1.807) is 0 Å². The number of carbonyl (C=O) groups is 1. The predicted octanol–water partition coefficient (Wildman–Crippen LogP) is 3.77. The molecule has 1 aliphatic carbocycles. The molecule has 0 amide bonds. The second kappa shape index (κ2) is 6.00. The zero-order valence-corrected chi connectivity index (χ0v) is 11.8. The highest BCUT2D eigenvalue weighted by molar-refractivity contribution is 5.77. The van der Waals surface area contributed by atoms with E-state index in [9.17, 15) is 9.90 Å². The van der Waals surface area contributed by atoms with Gasteiger partial charge in [0.05, 0.1) is 5.92 Å². The molecule has 108 valence electrons. The van der Waals surface area contributed by atoms with Crippen molar-refractivity contribution >= 4 is 5.97 Å². The van der Waals surface area contributed by atoms with E-state index < -0.39 is 11.9 Å². The molecule has 0 radical (unpaired) electrons. The number of rotatable bonds is 4. The standard InChI is InChI=1S/C18H18O3/c19-18(20)16-8-4-7-14-9-10-15(11-17(14)16)21-12-13-5-2-1-3-6-13/h1-3,5-6,9-11,16H,4,7-8,12H2,(H,19,20). The Bertz CT molecular complexity index is 634. The van der Waals surface area contributed by atoms with Gasteiger partial charge in [-0.15, -0.1) is 0 Å². The Hall–Kier alpha value is -2.29. The third-order valence-electron chi connectivity index (χ3n) is 3.98. The van der Waals surface area contributed by atoms with Gasteiger partial charge in [-0.05, 0) is 48.1 Å². The Labute approximate surface area is 124 Å². The molecule has 0 aliphatic heterocycles. The van der Waals surface area contributed by atoms with Crippen molar-refractivity contribution in [1.82, 2.24) is 0 Å². The maximum atomic E-state index is 11.4. The van der Waals surface area contributed by atoms with Gasteiger partial charge >= 0.3 is 5.97 Å². The van der Waals surface area contributed by atoms with Gasteiger partial charge in [-0.1, -0.05) is 36.4 Å². The zero-order valence-electron chi connectivity index (χ0n) is 11.8. The van der Waals surface area contributed by atoms with Crippen LogP contribution in [0.15, 0.2) is 48.5 Å². The van der Waals surface area contributed by atoms with E-state index in [2.05, 4.69) is 0 Å². The van der Waals surface area contributed by atoms with Crippen molar-refractivity contribution in [2.24, 2.45) is 0 Å². The lowest BCUT2D eigenvalue weighted by Gasteiger charge is -2.23. The largest absolute Gasteiger partial charge is 0.489 e. The number of carboxylic acids is 1. The van der Waals surface area contributed by atoms with E-state index in [0.717, 1.165) is 35.3 Å². The summed E-state index contributed by atoms with van der Waals surface area (Å²) in [5.41, 5.74) is 3.16. The molecular formula is C18H18O3. The second-order valence-corrected chi connectivity index (χ2v) is 5.42. The smallest absolute Gasteiger partial charge is 0.310 e. The molecule has 0 spiro atoms. The van der Waals surface area contributed by atoms with E-state index in [-0.39, 0.29) is 0 Å². The normalized spacial score (nSPS) is 17.0. The summed E-state index contributed by atoms with van der Waals surface area (Å²) in [7, 11) is 0. The maximum absolute atomic E-state index is 11.4. The van der Waals surface area contributed by atoms with E-state index in [1.807, 2.05) is 48.5 Å². The fourth-order valence-electron chi connectivity index (χ4n) is 2.86. The lowest BCUT2D eigenvalue weighted by atomic mass is 9.83. The number of hydrogen-bond acceptors (Lipinski definition) is 2. The Morgan fingerprint density at radius 1 is 1.19 bits per heavy atom. The van der Waals surface area contributed by atoms with Gasteiger partial charge < -0.3 is 9.84 Å². The Morgan fingerprint density at radius 3 is 2.76 bits per heavy atom. The summed E-state index contributed by atoms with van der Waals surface area (Å²) >= 11 is 0. The van der Waals surface area contributed by atoms with Crippen LogP contribution in [0.4, 0.5) is 0 Å². The van der Waals surface area contributed by atoms with Crippen molar-refractivity contribution < 1.29 is 14.6 Å². The number of carboxylic acid groups (broad SMARTS) is 1. The first kappa shape index (κ1) is 13.7. The minimum atomic E-state index is -0.740. The van der Waals surface area contributed by atoms with Crippen LogP contribution >= 0.6 is 0 Å². The lowest BCUT2D eigenvalue weighted by molar-refractivity contribution is -0.139. The third kappa shape index (κ3) is 3.07. The van der Waals surface area contributed by atoms with Crippen LogP contribution in [0.25, 0.3) is 0 Å². The van der Waals surface area contributed by atoms with Crippen molar-refractivity contribution in [2.45, 2.75) is 31.8 Å². The van der Waals surface area contributed by atoms with E-state index in [0.29, 0.717) is 13.0 Å². The van der Waals surface area contributed by atoms with Crippen LogP contribution in [0.1, 0.15) is 35.4 Å². The number of ether oxygens (including phenoxy) is 1. The topological polar surface area (TPSA) is 46.5 Å². The summed E-state index contributed by atoms with van der Waals surface area (Å²) in [4.78, 5) is 11.4. The summed E-state index contributed by atoms with van der Waals surface area (Å²) in [6, 6.07) is 15.8. The van der Waals surface area contributed by atoms with Crippen molar-refractivity contribution in [1.29, 1.82) is 0 Å². The molecule has 1 atom stereocenters. The molecule has 2 aromatic rings. The van der Waals surface area contributed by atoms with Crippen LogP contribution in [-0.4, -0.2) is 11.1 Å². The van der Waals surface area contributed by atoms with Crippen molar-refractivity contribution in [3.05, 3.63) is 65.2 Å². The molecule has 1 aliphatic rings. The summed E-state index contributed by atoms with van der Waals surface area (Å²) < 4.78 is 5.79. The van der Waals surface area contributed by atoms with Crippen LogP contribution in [0.3, 0.4) is 0 Å². The average Bonchev–Trinajstić information content (AvgIpc) is 2.53. The maximum Gasteiger partial charge on any atom is 0.310 e. The predicted molar refractivity (Wildman–Crippen MR) is 80.5 cm³/mol. The lowest BCUT2D eigenvalue weighted by Crippen LogP contribution is -2.18. The molecule has 1 unspecified atom stereocenters. The van der Waals surface area contributed by atoms with E-state index >= 15 is 0 Å². The van der Waals surface area contributed by atoms with E-state index in [4.69, 9.17) is 4.74 Å². The Kier molecular flexibility index (Phi) is 3.91. The molecule has 3 nitrogen and oxygen atoms in total. The number of hydrogen-bond donors (Lipinski definition) is 1. The van der Waals surface area contributed by atoms with Crippen molar-refractivity contribution in [3.63, 3.8) is 0 Å². The summed E-state index contributed by atoms with van der Waals surface area (Å²) in [6.07, 6.45) is 2.61. The summed E-state index contributed by atoms with van der Waals surface area (Å²) in [6.45, 7) is 0.497. The van der Waals surface area contributed by atoms with Gasteiger partial charge in [-0.2, -0.15) is 0 Å².